The van der Waals surface area contributed by atoms with Gasteiger partial charge in [0.1, 0.15) is 0 Å². The molecular weight excluding hydrogens is 279 g/mol. The van der Waals surface area contributed by atoms with Crippen molar-refractivity contribution in [3.63, 3.8) is 0 Å². The van der Waals surface area contributed by atoms with Crippen molar-refractivity contribution in [1.82, 2.24) is 4.90 Å². The van der Waals surface area contributed by atoms with Crippen LogP contribution in [0.2, 0.25) is 0 Å². The zero-order valence-electron chi connectivity index (χ0n) is 10.8. The molecule has 0 radical (unpaired) electrons. The molecule has 0 aromatic rings. The van der Waals surface area contributed by atoms with Crippen molar-refractivity contribution in [2.45, 2.75) is 50.1 Å². The molecular formula is C13H19ClF3NO. The molecule has 1 saturated carbocycles. The number of amides is 1. The van der Waals surface area contributed by atoms with Gasteiger partial charge >= 0.3 is 6.18 Å². The molecule has 2 unspecified atom stereocenters. The lowest BCUT2D eigenvalue weighted by Crippen LogP contribution is -2.47. The summed E-state index contributed by atoms with van der Waals surface area (Å²) in [5.41, 5.74) is 0. The standard InChI is InChI=1S/C13H19ClF3NO/c14-9-5-7-18(8-6-9)12(19)10-3-1-2-4-11(10)13(15,16)17/h9-11H,1-8H2. The molecule has 1 amide bonds. The number of hydrogen-bond donors (Lipinski definition) is 0. The van der Waals surface area contributed by atoms with Gasteiger partial charge in [-0.3, -0.25) is 4.79 Å². The summed E-state index contributed by atoms with van der Waals surface area (Å²) >= 11 is 5.96. The van der Waals surface area contributed by atoms with Crippen LogP contribution in [0.4, 0.5) is 13.2 Å². The van der Waals surface area contributed by atoms with E-state index in [4.69, 9.17) is 11.6 Å². The van der Waals surface area contributed by atoms with Crippen molar-refractivity contribution < 1.29 is 18.0 Å². The van der Waals surface area contributed by atoms with Crippen molar-refractivity contribution in [1.29, 1.82) is 0 Å². The van der Waals surface area contributed by atoms with Crippen LogP contribution in [0.3, 0.4) is 0 Å². The van der Waals surface area contributed by atoms with Gasteiger partial charge in [0.25, 0.3) is 0 Å². The van der Waals surface area contributed by atoms with Crippen molar-refractivity contribution in [2.24, 2.45) is 11.8 Å². The van der Waals surface area contributed by atoms with Gasteiger partial charge in [-0.1, -0.05) is 12.8 Å². The lowest BCUT2D eigenvalue weighted by molar-refractivity contribution is -0.201. The van der Waals surface area contributed by atoms with Gasteiger partial charge < -0.3 is 4.90 Å². The second-order valence-electron chi connectivity index (χ2n) is 5.54. The minimum absolute atomic E-state index is 0.0498. The Morgan fingerprint density at radius 3 is 2.21 bits per heavy atom. The smallest absolute Gasteiger partial charge is 0.342 e. The number of hydrogen-bond acceptors (Lipinski definition) is 1. The van der Waals surface area contributed by atoms with Gasteiger partial charge in [-0.25, -0.2) is 0 Å². The average Bonchev–Trinajstić information content (AvgIpc) is 2.38. The maximum atomic E-state index is 13.0. The quantitative estimate of drug-likeness (QED) is 0.677. The molecule has 2 atom stereocenters. The summed E-state index contributed by atoms with van der Waals surface area (Å²) in [5, 5.41) is 0.0498. The zero-order valence-corrected chi connectivity index (χ0v) is 11.5. The van der Waals surface area contributed by atoms with Gasteiger partial charge in [0, 0.05) is 24.4 Å². The van der Waals surface area contributed by atoms with Crippen molar-refractivity contribution in [3.05, 3.63) is 0 Å². The highest BCUT2D eigenvalue weighted by molar-refractivity contribution is 6.20. The fourth-order valence-corrected chi connectivity index (χ4v) is 3.32. The van der Waals surface area contributed by atoms with Crippen LogP contribution in [0.25, 0.3) is 0 Å². The molecule has 1 saturated heterocycles. The Kier molecular flexibility index (Phi) is 4.64. The van der Waals surface area contributed by atoms with Crippen molar-refractivity contribution >= 4 is 17.5 Å². The van der Waals surface area contributed by atoms with Crippen molar-refractivity contribution in [3.8, 4) is 0 Å². The maximum Gasteiger partial charge on any atom is 0.392 e. The summed E-state index contributed by atoms with van der Waals surface area (Å²) in [7, 11) is 0. The topological polar surface area (TPSA) is 20.3 Å². The molecule has 0 spiro atoms. The number of halogens is 4. The zero-order chi connectivity index (χ0) is 14.0. The predicted octanol–water partition coefficient (Wildman–Crippen LogP) is 3.58. The van der Waals surface area contributed by atoms with Crippen molar-refractivity contribution in [2.75, 3.05) is 13.1 Å². The van der Waals surface area contributed by atoms with Crippen LogP contribution in [0.15, 0.2) is 0 Å². The highest BCUT2D eigenvalue weighted by atomic mass is 35.5. The van der Waals surface area contributed by atoms with Crippen LogP contribution in [0, 0.1) is 11.8 Å². The van der Waals surface area contributed by atoms with Crippen LogP contribution in [-0.4, -0.2) is 35.4 Å². The van der Waals surface area contributed by atoms with E-state index in [1.807, 2.05) is 0 Å². The Morgan fingerprint density at radius 1 is 1.05 bits per heavy atom. The molecule has 2 aliphatic rings. The van der Waals surface area contributed by atoms with E-state index in [1.54, 1.807) is 4.90 Å². The Morgan fingerprint density at radius 2 is 1.63 bits per heavy atom. The second kappa shape index (κ2) is 5.90. The van der Waals surface area contributed by atoms with E-state index in [9.17, 15) is 18.0 Å². The largest absolute Gasteiger partial charge is 0.392 e. The summed E-state index contributed by atoms with van der Waals surface area (Å²) in [6.45, 7) is 0.988. The lowest BCUT2D eigenvalue weighted by Gasteiger charge is -2.37. The third-order valence-electron chi connectivity index (χ3n) is 4.24. The molecule has 1 heterocycles. The van der Waals surface area contributed by atoms with E-state index >= 15 is 0 Å². The molecule has 19 heavy (non-hydrogen) atoms. The first-order valence-corrected chi connectivity index (χ1v) is 7.33. The number of rotatable bonds is 1. The Bertz CT molecular complexity index is 326. The molecule has 1 aliphatic heterocycles. The van der Waals surface area contributed by atoms with E-state index in [2.05, 4.69) is 0 Å². The van der Waals surface area contributed by atoms with Gasteiger partial charge in [0.05, 0.1) is 5.92 Å². The third-order valence-corrected chi connectivity index (χ3v) is 4.68. The Balaban J connectivity index is 2.03. The molecule has 2 rings (SSSR count). The first kappa shape index (κ1) is 14.9. The van der Waals surface area contributed by atoms with Gasteiger partial charge in [-0.15, -0.1) is 11.6 Å². The molecule has 1 aliphatic carbocycles. The van der Waals surface area contributed by atoms with Crippen LogP contribution >= 0.6 is 11.6 Å². The molecule has 0 bridgehead atoms. The van der Waals surface area contributed by atoms with Crippen LogP contribution in [-0.2, 0) is 4.79 Å². The van der Waals surface area contributed by atoms with E-state index < -0.39 is 18.0 Å². The SMILES string of the molecule is O=C(C1CCCCC1C(F)(F)F)N1CCC(Cl)CC1. The number of carbonyl (C=O) groups is 1. The highest BCUT2D eigenvalue weighted by Crippen LogP contribution is 2.42. The molecule has 2 nitrogen and oxygen atoms in total. The van der Waals surface area contributed by atoms with Crippen LogP contribution in [0.5, 0.6) is 0 Å². The summed E-state index contributed by atoms with van der Waals surface area (Å²) < 4.78 is 39.0. The first-order chi connectivity index (χ1) is 8.89. The average molecular weight is 298 g/mol. The third kappa shape index (κ3) is 3.56. The summed E-state index contributed by atoms with van der Waals surface area (Å²) in [6.07, 6.45) is -1.17. The lowest BCUT2D eigenvalue weighted by atomic mass is 9.77. The highest BCUT2D eigenvalue weighted by Gasteiger charge is 2.49. The van der Waals surface area contributed by atoms with E-state index in [0.29, 0.717) is 38.8 Å². The van der Waals surface area contributed by atoms with Gasteiger partial charge in [-0.2, -0.15) is 13.2 Å². The normalized spacial score (nSPS) is 30.4. The summed E-state index contributed by atoms with van der Waals surface area (Å²) in [6, 6.07) is 0. The van der Waals surface area contributed by atoms with E-state index in [-0.39, 0.29) is 17.7 Å². The van der Waals surface area contributed by atoms with Crippen LogP contribution in [0.1, 0.15) is 38.5 Å². The number of alkyl halides is 4. The minimum Gasteiger partial charge on any atom is -0.342 e. The monoisotopic (exact) mass is 297 g/mol. The molecule has 0 N–H and O–H groups in total. The second-order valence-corrected chi connectivity index (χ2v) is 6.16. The fraction of sp³-hybridized carbons (Fsp3) is 0.923. The van der Waals surface area contributed by atoms with Crippen LogP contribution < -0.4 is 0 Å². The maximum absolute atomic E-state index is 13.0. The number of likely N-dealkylation sites (tertiary alicyclic amines) is 1. The molecule has 6 heteroatoms. The minimum atomic E-state index is -4.26. The fourth-order valence-electron chi connectivity index (χ4n) is 3.12. The van der Waals surface area contributed by atoms with E-state index in [1.165, 1.54) is 0 Å². The van der Waals surface area contributed by atoms with Gasteiger partial charge in [0.15, 0.2) is 0 Å². The number of nitrogens with zero attached hydrogens (tertiary/aromatic N) is 1. The molecule has 2 fully saturated rings. The Hall–Kier alpha value is -0.450. The summed E-state index contributed by atoms with van der Waals surface area (Å²) in [4.78, 5) is 13.9. The van der Waals surface area contributed by atoms with Gasteiger partial charge in [-0.05, 0) is 25.7 Å². The predicted molar refractivity (Wildman–Crippen MR) is 67.0 cm³/mol. The number of carbonyl (C=O) groups excluding carboxylic acids is 1. The molecule has 0 aromatic carbocycles. The Labute approximate surface area is 116 Å². The van der Waals surface area contributed by atoms with E-state index in [0.717, 1.165) is 6.42 Å². The van der Waals surface area contributed by atoms with Gasteiger partial charge in [0.2, 0.25) is 5.91 Å². The summed E-state index contributed by atoms with van der Waals surface area (Å²) in [5.74, 6) is -2.64. The molecule has 110 valence electrons. The first-order valence-electron chi connectivity index (χ1n) is 6.89. The molecule has 0 aromatic heterocycles. The number of piperidine rings is 1.